The number of aliphatic hydroxyl groups is 1. The van der Waals surface area contributed by atoms with Crippen LogP contribution in [0.15, 0.2) is 12.7 Å². The summed E-state index contributed by atoms with van der Waals surface area (Å²) in [6.45, 7) is 8.14. The molecule has 2 N–H and O–H groups in total. The third kappa shape index (κ3) is 1.50. The molecule has 0 radical (unpaired) electrons. The average Bonchev–Trinajstić information content (AvgIpc) is 2.02. The summed E-state index contributed by atoms with van der Waals surface area (Å²) in [5.41, 5.74) is -2.53. The van der Waals surface area contributed by atoms with E-state index >= 15 is 0 Å². The highest BCUT2D eigenvalue weighted by molar-refractivity contribution is 5.75. The van der Waals surface area contributed by atoms with Gasteiger partial charge < -0.3 is 10.2 Å². The van der Waals surface area contributed by atoms with E-state index < -0.39 is 17.0 Å². The van der Waals surface area contributed by atoms with Crippen LogP contribution in [0.25, 0.3) is 0 Å². The van der Waals surface area contributed by atoms with Gasteiger partial charge in [-0.05, 0) is 20.3 Å². The van der Waals surface area contributed by atoms with E-state index in [1.54, 1.807) is 6.92 Å². The molecule has 0 aliphatic heterocycles. The van der Waals surface area contributed by atoms with Gasteiger partial charge in [0.05, 0.1) is 11.0 Å². The zero-order chi connectivity index (χ0) is 9.99. The molecule has 0 aromatic carbocycles. The first-order chi connectivity index (χ1) is 5.31. The lowest BCUT2D eigenvalue weighted by atomic mass is 9.73. The Morgan fingerprint density at radius 2 is 2.00 bits per heavy atom. The average molecular weight is 172 g/mol. The van der Waals surface area contributed by atoms with Gasteiger partial charge in [-0.3, -0.25) is 4.79 Å². The standard InChI is InChI=1S/C9H16O3/c1-5-9(12,6-2)8(3,4)7(10)11/h5,12H,1,6H2,2-4H3,(H,10,11). The molecule has 0 aromatic rings. The summed E-state index contributed by atoms with van der Waals surface area (Å²) in [6, 6.07) is 0. The first kappa shape index (κ1) is 11.2. The van der Waals surface area contributed by atoms with E-state index in [-0.39, 0.29) is 0 Å². The van der Waals surface area contributed by atoms with Gasteiger partial charge in [-0.1, -0.05) is 13.0 Å². The van der Waals surface area contributed by atoms with E-state index in [9.17, 15) is 9.90 Å². The summed E-state index contributed by atoms with van der Waals surface area (Å²) in [4.78, 5) is 10.8. The molecule has 0 bridgehead atoms. The predicted octanol–water partition coefficient (Wildman–Crippen LogP) is 1.42. The monoisotopic (exact) mass is 172 g/mol. The molecule has 0 heterocycles. The molecule has 1 unspecified atom stereocenters. The second-order valence-electron chi connectivity index (χ2n) is 3.41. The predicted molar refractivity (Wildman–Crippen MR) is 46.9 cm³/mol. The Balaban J connectivity index is 4.96. The highest BCUT2D eigenvalue weighted by Crippen LogP contribution is 2.34. The Hall–Kier alpha value is -0.830. The Labute approximate surface area is 72.7 Å². The van der Waals surface area contributed by atoms with Crippen LogP contribution in [0.4, 0.5) is 0 Å². The Bertz CT molecular complexity index is 193. The summed E-state index contributed by atoms with van der Waals surface area (Å²) < 4.78 is 0. The number of carbonyl (C=O) groups is 1. The fourth-order valence-electron chi connectivity index (χ4n) is 1.03. The fraction of sp³-hybridized carbons (Fsp3) is 0.667. The van der Waals surface area contributed by atoms with Crippen molar-refractivity contribution in [2.24, 2.45) is 5.41 Å². The van der Waals surface area contributed by atoms with Gasteiger partial charge in [-0.15, -0.1) is 6.58 Å². The zero-order valence-corrected chi connectivity index (χ0v) is 7.79. The van der Waals surface area contributed by atoms with E-state index in [2.05, 4.69) is 6.58 Å². The van der Waals surface area contributed by atoms with Crippen molar-refractivity contribution in [2.45, 2.75) is 32.8 Å². The van der Waals surface area contributed by atoms with Gasteiger partial charge >= 0.3 is 5.97 Å². The van der Waals surface area contributed by atoms with Crippen molar-refractivity contribution in [1.82, 2.24) is 0 Å². The maximum absolute atomic E-state index is 10.8. The van der Waals surface area contributed by atoms with Crippen molar-refractivity contribution in [3.8, 4) is 0 Å². The van der Waals surface area contributed by atoms with Gasteiger partial charge in [-0.25, -0.2) is 0 Å². The number of carboxylic acid groups (broad SMARTS) is 1. The van der Waals surface area contributed by atoms with Crippen molar-refractivity contribution < 1.29 is 15.0 Å². The number of hydrogen-bond donors (Lipinski definition) is 2. The van der Waals surface area contributed by atoms with Crippen LogP contribution in [0.2, 0.25) is 0 Å². The molecule has 0 spiro atoms. The van der Waals surface area contributed by atoms with Crippen molar-refractivity contribution in [1.29, 1.82) is 0 Å². The number of rotatable bonds is 4. The number of hydrogen-bond acceptors (Lipinski definition) is 2. The minimum absolute atomic E-state index is 0.343. The summed E-state index contributed by atoms with van der Waals surface area (Å²) in [5.74, 6) is -1.02. The lowest BCUT2D eigenvalue weighted by molar-refractivity contribution is -0.159. The van der Waals surface area contributed by atoms with Crippen LogP contribution in [0.3, 0.4) is 0 Å². The summed E-state index contributed by atoms with van der Waals surface area (Å²) >= 11 is 0. The molecule has 0 saturated carbocycles. The van der Waals surface area contributed by atoms with E-state index in [0.29, 0.717) is 6.42 Å². The Kier molecular flexibility index (Phi) is 3.04. The Morgan fingerprint density at radius 1 is 1.58 bits per heavy atom. The molecule has 0 rings (SSSR count). The normalized spacial score (nSPS) is 16.7. The molecule has 12 heavy (non-hydrogen) atoms. The molecule has 0 saturated heterocycles. The smallest absolute Gasteiger partial charge is 0.312 e. The maximum Gasteiger partial charge on any atom is 0.312 e. The lowest BCUT2D eigenvalue weighted by Gasteiger charge is -2.36. The summed E-state index contributed by atoms with van der Waals surface area (Å²) in [7, 11) is 0. The van der Waals surface area contributed by atoms with Gasteiger partial charge in [0, 0.05) is 0 Å². The first-order valence-electron chi connectivity index (χ1n) is 3.91. The van der Waals surface area contributed by atoms with Gasteiger partial charge in [0.15, 0.2) is 0 Å². The van der Waals surface area contributed by atoms with E-state index in [4.69, 9.17) is 5.11 Å². The molecular formula is C9H16O3. The summed E-state index contributed by atoms with van der Waals surface area (Å²) in [5, 5.41) is 18.7. The first-order valence-corrected chi connectivity index (χ1v) is 3.91. The SMILES string of the molecule is C=CC(O)(CC)C(C)(C)C(=O)O. The molecule has 1 atom stereocenters. The second-order valence-corrected chi connectivity index (χ2v) is 3.41. The zero-order valence-electron chi connectivity index (χ0n) is 7.79. The minimum atomic E-state index is -1.33. The third-order valence-corrected chi connectivity index (χ3v) is 2.49. The minimum Gasteiger partial charge on any atom is -0.481 e. The lowest BCUT2D eigenvalue weighted by Crippen LogP contribution is -2.47. The molecule has 0 aliphatic rings. The fourth-order valence-corrected chi connectivity index (χ4v) is 1.03. The van der Waals surface area contributed by atoms with Crippen LogP contribution in [-0.2, 0) is 4.79 Å². The van der Waals surface area contributed by atoms with Crippen LogP contribution in [0.1, 0.15) is 27.2 Å². The van der Waals surface area contributed by atoms with Gasteiger partial charge in [0.2, 0.25) is 0 Å². The van der Waals surface area contributed by atoms with Crippen LogP contribution in [0, 0.1) is 5.41 Å². The van der Waals surface area contributed by atoms with Crippen molar-refractivity contribution in [2.75, 3.05) is 0 Å². The highest BCUT2D eigenvalue weighted by atomic mass is 16.4. The van der Waals surface area contributed by atoms with Gasteiger partial charge in [0.25, 0.3) is 0 Å². The molecule has 70 valence electrons. The molecule has 0 aliphatic carbocycles. The largest absolute Gasteiger partial charge is 0.481 e. The van der Waals surface area contributed by atoms with Crippen molar-refractivity contribution in [3.63, 3.8) is 0 Å². The summed E-state index contributed by atoms with van der Waals surface area (Å²) in [6.07, 6.45) is 1.64. The van der Waals surface area contributed by atoms with Crippen LogP contribution in [-0.4, -0.2) is 21.8 Å². The van der Waals surface area contributed by atoms with Crippen LogP contribution >= 0.6 is 0 Å². The molecule has 3 heteroatoms. The molecular weight excluding hydrogens is 156 g/mol. The number of aliphatic carboxylic acids is 1. The number of carboxylic acids is 1. The Morgan fingerprint density at radius 3 is 2.08 bits per heavy atom. The second kappa shape index (κ2) is 3.27. The van der Waals surface area contributed by atoms with Gasteiger partial charge in [-0.2, -0.15) is 0 Å². The molecule has 0 fully saturated rings. The van der Waals surface area contributed by atoms with Gasteiger partial charge in [0.1, 0.15) is 0 Å². The van der Waals surface area contributed by atoms with Crippen molar-refractivity contribution in [3.05, 3.63) is 12.7 Å². The third-order valence-electron chi connectivity index (χ3n) is 2.49. The molecule has 0 amide bonds. The molecule has 0 aromatic heterocycles. The highest BCUT2D eigenvalue weighted by Gasteiger charge is 2.45. The maximum atomic E-state index is 10.8. The van der Waals surface area contributed by atoms with E-state index in [1.165, 1.54) is 19.9 Å². The van der Waals surface area contributed by atoms with E-state index in [1.807, 2.05) is 0 Å². The van der Waals surface area contributed by atoms with Crippen LogP contribution < -0.4 is 0 Å². The van der Waals surface area contributed by atoms with E-state index in [0.717, 1.165) is 0 Å². The molecule has 3 nitrogen and oxygen atoms in total. The van der Waals surface area contributed by atoms with Crippen LogP contribution in [0.5, 0.6) is 0 Å². The quantitative estimate of drug-likeness (QED) is 0.630. The van der Waals surface area contributed by atoms with Crippen molar-refractivity contribution >= 4 is 5.97 Å². The topological polar surface area (TPSA) is 57.5 Å².